The Hall–Kier alpha value is -0.563. The third-order valence-corrected chi connectivity index (χ3v) is 5.98. The van der Waals surface area contributed by atoms with E-state index in [0.29, 0.717) is 0 Å². The van der Waals surface area contributed by atoms with E-state index < -0.39 is 0 Å². The predicted octanol–water partition coefficient (Wildman–Crippen LogP) is 2.88. The van der Waals surface area contributed by atoms with Gasteiger partial charge in [-0.3, -0.25) is 0 Å². The summed E-state index contributed by atoms with van der Waals surface area (Å²) in [5.74, 6) is 0. The zero-order chi connectivity index (χ0) is 9.10. The first-order valence-electron chi connectivity index (χ1n) is 5.28. The van der Waals surface area contributed by atoms with Crippen molar-refractivity contribution in [1.82, 2.24) is 0 Å². The van der Waals surface area contributed by atoms with Crippen LogP contribution in [0.4, 0.5) is 0 Å². The first-order valence-corrected chi connectivity index (χ1v) is 7.19. The first-order chi connectivity index (χ1) is 6.36. The fourth-order valence-electron chi connectivity index (χ4n) is 2.06. The Morgan fingerprint density at radius 2 is 1.54 bits per heavy atom. The van der Waals surface area contributed by atoms with Crippen molar-refractivity contribution < 1.29 is 0 Å². The zero-order valence-corrected chi connectivity index (χ0v) is 9.34. The molecule has 0 aromatic heterocycles. The van der Waals surface area contributed by atoms with Gasteiger partial charge in [0.15, 0.2) is 0 Å². The zero-order valence-electron chi connectivity index (χ0n) is 8.34. The Balaban J connectivity index is 2.10. The van der Waals surface area contributed by atoms with E-state index >= 15 is 0 Å². The molecule has 69 valence electrons. The van der Waals surface area contributed by atoms with Crippen molar-refractivity contribution in [1.29, 1.82) is 0 Å². The van der Waals surface area contributed by atoms with Crippen LogP contribution in [0.3, 0.4) is 0 Å². The van der Waals surface area contributed by atoms with Crippen LogP contribution in [0.2, 0.25) is 12.1 Å². The van der Waals surface area contributed by atoms with Crippen molar-refractivity contribution in [3.8, 4) is 0 Å². The second-order valence-electron chi connectivity index (χ2n) is 4.03. The molecule has 1 fully saturated rings. The summed E-state index contributed by atoms with van der Waals surface area (Å²) in [5, 5.41) is 1.66. The van der Waals surface area contributed by atoms with Crippen molar-refractivity contribution in [3.63, 3.8) is 0 Å². The lowest BCUT2D eigenvalue weighted by molar-refractivity contribution is 0.728. The lowest BCUT2D eigenvalue weighted by atomic mass is 10.2. The van der Waals surface area contributed by atoms with Gasteiger partial charge in [0.2, 0.25) is 0 Å². The summed E-state index contributed by atoms with van der Waals surface area (Å²) in [5.41, 5.74) is 1.39. The van der Waals surface area contributed by atoms with E-state index in [2.05, 4.69) is 31.2 Å². The largest absolute Gasteiger partial charge is 0.0856 e. The molecule has 1 radical (unpaired) electrons. The molecule has 2 rings (SSSR count). The van der Waals surface area contributed by atoms with E-state index in [9.17, 15) is 0 Å². The molecule has 0 atom stereocenters. The highest BCUT2D eigenvalue weighted by Gasteiger charge is 2.16. The second-order valence-corrected chi connectivity index (χ2v) is 6.81. The minimum absolute atomic E-state index is 0.142. The molecule has 0 bridgehead atoms. The van der Waals surface area contributed by atoms with Gasteiger partial charge >= 0.3 is 0 Å². The molecule has 0 N–H and O–H groups in total. The van der Waals surface area contributed by atoms with Crippen LogP contribution in [0.25, 0.3) is 0 Å². The number of benzene rings is 1. The van der Waals surface area contributed by atoms with E-state index in [4.69, 9.17) is 0 Å². The van der Waals surface area contributed by atoms with Crippen LogP contribution in [0.1, 0.15) is 24.8 Å². The molecule has 0 amide bonds. The van der Waals surface area contributed by atoms with Gasteiger partial charge in [-0.05, 0) is 6.92 Å². The lowest BCUT2D eigenvalue weighted by Gasteiger charge is -2.19. The molecule has 0 saturated carbocycles. The van der Waals surface area contributed by atoms with Gasteiger partial charge in [-0.25, -0.2) is 0 Å². The second kappa shape index (κ2) is 4.10. The molecule has 0 nitrogen and oxygen atoms in total. The molecule has 0 aliphatic carbocycles. The fourth-order valence-corrected chi connectivity index (χ4v) is 4.88. The van der Waals surface area contributed by atoms with Gasteiger partial charge < -0.3 is 0 Å². The summed E-state index contributed by atoms with van der Waals surface area (Å²) in [6.45, 7) is 2.17. The molecule has 0 spiro atoms. The summed E-state index contributed by atoms with van der Waals surface area (Å²) in [7, 11) is -0.142. The summed E-state index contributed by atoms with van der Waals surface area (Å²) >= 11 is 0. The van der Waals surface area contributed by atoms with Gasteiger partial charge in [0.25, 0.3) is 0 Å². The van der Waals surface area contributed by atoms with Crippen LogP contribution in [-0.4, -0.2) is 8.80 Å². The molecule has 1 heteroatoms. The van der Waals surface area contributed by atoms with Gasteiger partial charge in [-0.1, -0.05) is 66.4 Å². The highest BCUT2D eigenvalue weighted by Crippen LogP contribution is 2.18. The first kappa shape index (κ1) is 9.01. The number of hydrogen-bond acceptors (Lipinski definition) is 0. The Kier molecular flexibility index (Phi) is 2.84. The molecule has 1 aliphatic rings. The SMILES string of the molecule is Cc1ccc([Si]2CCCCC2)cc1. The van der Waals surface area contributed by atoms with Crippen molar-refractivity contribution in [2.75, 3.05) is 0 Å². The molecular formula is C12H17Si. The maximum absolute atomic E-state index is 2.36. The molecule has 1 aliphatic heterocycles. The van der Waals surface area contributed by atoms with E-state index in [-0.39, 0.29) is 8.80 Å². The topological polar surface area (TPSA) is 0 Å². The Morgan fingerprint density at radius 1 is 0.923 bits per heavy atom. The van der Waals surface area contributed by atoms with Gasteiger partial charge in [0.05, 0.1) is 8.80 Å². The van der Waals surface area contributed by atoms with Gasteiger partial charge in [0, 0.05) is 0 Å². The third kappa shape index (κ3) is 2.22. The minimum atomic E-state index is -0.142. The molecule has 1 saturated heterocycles. The average Bonchev–Trinajstić information content (AvgIpc) is 2.20. The molecule has 1 aromatic rings. The van der Waals surface area contributed by atoms with E-state index in [1.165, 1.54) is 36.9 Å². The third-order valence-electron chi connectivity index (χ3n) is 2.92. The highest BCUT2D eigenvalue weighted by atomic mass is 28.3. The van der Waals surface area contributed by atoms with Crippen LogP contribution < -0.4 is 5.19 Å². The summed E-state index contributed by atoms with van der Waals surface area (Å²) < 4.78 is 0. The number of rotatable bonds is 1. The maximum Gasteiger partial charge on any atom is 0.0856 e. The van der Waals surface area contributed by atoms with E-state index in [1.54, 1.807) is 5.19 Å². The monoisotopic (exact) mass is 189 g/mol. The van der Waals surface area contributed by atoms with Crippen molar-refractivity contribution in [2.24, 2.45) is 0 Å². The summed E-state index contributed by atoms with van der Waals surface area (Å²) in [6, 6.07) is 12.3. The lowest BCUT2D eigenvalue weighted by Crippen LogP contribution is -2.31. The molecule has 1 aromatic carbocycles. The van der Waals surface area contributed by atoms with Crippen LogP contribution in [0.15, 0.2) is 24.3 Å². The fraction of sp³-hybridized carbons (Fsp3) is 0.500. The van der Waals surface area contributed by atoms with Crippen molar-refractivity contribution in [3.05, 3.63) is 29.8 Å². The highest BCUT2D eigenvalue weighted by molar-refractivity contribution is 6.73. The van der Waals surface area contributed by atoms with E-state index in [1.807, 2.05) is 0 Å². The molecular weight excluding hydrogens is 172 g/mol. The van der Waals surface area contributed by atoms with Crippen LogP contribution in [-0.2, 0) is 0 Å². The number of aryl methyl sites for hydroxylation is 1. The smallest absolute Gasteiger partial charge is 0.0630 e. The van der Waals surface area contributed by atoms with Crippen molar-refractivity contribution >= 4 is 14.0 Å². The normalized spacial score (nSPS) is 18.8. The molecule has 0 unspecified atom stereocenters. The van der Waals surface area contributed by atoms with E-state index in [0.717, 1.165) is 0 Å². The quantitative estimate of drug-likeness (QED) is 0.596. The van der Waals surface area contributed by atoms with Crippen LogP contribution in [0, 0.1) is 6.92 Å². The molecule has 1 heterocycles. The van der Waals surface area contributed by atoms with Gasteiger partial charge in [-0.2, -0.15) is 0 Å². The van der Waals surface area contributed by atoms with Crippen LogP contribution in [0.5, 0.6) is 0 Å². The van der Waals surface area contributed by atoms with Crippen LogP contribution >= 0.6 is 0 Å². The maximum atomic E-state index is 2.36. The average molecular weight is 189 g/mol. The standard InChI is InChI=1S/C12H17Si/c1-11-5-7-12(8-6-11)13-9-3-2-4-10-13/h5-8H,2-4,9-10H2,1H3. The summed E-state index contributed by atoms with van der Waals surface area (Å²) in [6.07, 6.45) is 4.42. The molecule has 13 heavy (non-hydrogen) atoms. The van der Waals surface area contributed by atoms with Crippen molar-refractivity contribution in [2.45, 2.75) is 38.3 Å². The Bertz CT molecular complexity index is 257. The Morgan fingerprint density at radius 3 is 2.15 bits per heavy atom. The summed E-state index contributed by atoms with van der Waals surface area (Å²) in [4.78, 5) is 0. The minimum Gasteiger partial charge on any atom is -0.0630 e. The van der Waals surface area contributed by atoms with Gasteiger partial charge in [-0.15, -0.1) is 0 Å². The predicted molar refractivity (Wildman–Crippen MR) is 60.0 cm³/mol. The Labute approximate surface area is 82.6 Å². The number of hydrogen-bond donors (Lipinski definition) is 0. The van der Waals surface area contributed by atoms with Gasteiger partial charge in [0.1, 0.15) is 0 Å².